The maximum absolute atomic E-state index is 13.6. The Morgan fingerprint density at radius 1 is 1.27 bits per heavy atom. The predicted molar refractivity (Wildman–Crippen MR) is 119 cm³/mol. The molecule has 2 heterocycles. The Balaban J connectivity index is 2.07. The van der Waals surface area contributed by atoms with Crippen LogP contribution in [0.5, 0.6) is 5.75 Å². The second-order valence-corrected chi connectivity index (χ2v) is 7.70. The number of hydrogen-bond acceptors (Lipinski definition) is 9. The molecule has 1 aromatic carbocycles. The number of nitrogens with zero attached hydrogens (tertiary/aromatic N) is 2. The van der Waals surface area contributed by atoms with E-state index in [0.29, 0.717) is 22.9 Å². The number of furan rings is 1. The molecule has 3 aromatic rings. The number of aromatic hydroxyl groups is 1. The van der Waals surface area contributed by atoms with E-state index in [1.165, 1.54) is 42.5 Å². The highest BCUT2D eigenvalue weighted by Crippen LogP contribution is 2.31. The van der Waals surface area contributed by atoms with Gasteiger partial charge in [-0.2, -0.15) is 4.37 Å². The van der Waals surface area contributed by atoms with Crippen molar-refractivity contribution in [3.05, 3.63) is 64.6 Å². The van der Waals surface area contributed by atoms with Crippen molar-refractivity contribution in [3.8, 4) is 5.75 Å². The quantitative estimate of drug-likeness (QED) is 0.318. The van der Waals surface area contributed by atoms with E-state index in [1.807, 2.05) is 0 Å². The number of nitrogen functional groups attached to an aromatic ring is 1. The van der Waals surface area contributed by atoms with Gasteiger partial charge in [-0.15, -0.1) is 0 Å². The summed E-state index contributed by atoms with van der Waals surface area (Å²) in [7, 11) is 1.50. The predicted octanol–water partition coefficient (Wildman–Crippen LogP) is 1.27. The molecule has 33 heavy (non-hydrogen) atoms. The highest BCUT2D eigenvalue weighted by atomic mass is 32.1. The minimum Gasteiger partial charge on any atom is -0.508 e. The summed E-state index contributed by atoms with van der Waals surface area (Å²) >= 11 is 0.712. The van der Waals surface area contributed by atoms with Gasteiger partial charge in [0, 0.05) is 13.7 Å². The number of primary amides is 1. The lowest BCUT2D eigenvalue weighted by Crippen LogP contribution is -2.44. The van der Waals surface area contributed by atoms with Crippen LogP contribution in [0.3, 0.4) is 0 Å². The molecule has 0 bridgehead atoms. The van der Waals surface area contributed by atoms with Crippen molar-refractivity contribution >= 4 is 34.9 Å². The van der Waals surface area contributed by atoms with Gasteiger partial charge in [0.05, 0.1) is 25.1 Å². The Labute approximate surface area is 193 Å². The highest BCUT2D eigenvalue weighted by Gasteiger charge is 2.35. The average Bonchev–Trinajstić information content (AvgIpc) is 3.44. The van der Waals surface area contributed by atoms with Crippen LogP contribution in [-0.2, 0) is 16.1 Å². The number of phenolic OH excluding ortho intramolecular Hbond substituents is 1. The molecule has 6 N–H and O–H groups in total. The fourth-order valence-electron chi connectivity index (χ4n) is 3.11. The van der Waals surface area contributed by atoms with E-state index >= 15 is 0 Å². The van der Waals surface area contributed by atoms with Crippen molar-refractivity contribution in [1.82, 2.24) is 14.6 Å². The first-order valence-corrected chi connectivity index (χ1v) is 10.5. The van der Waals surface area contributed by atoms with Crippen molar-refractivity contribution in [2.45, 2.75) is 12.6 Å². The zero-order chi connectivity index (χ0) is 24.0. The van der Waals surface area contributed by atoms with Gasteiger partial charge >= 0.3 is 0 Å². The van der Waals surface area contributed by atoms with Gasteiger partial charge in [-0.3, -0.25) is 14.4 Å². The van der Waals surface area contributed by atoms with E-state index in [1.54, 1.807) is 12.1 Å². The number of amides is 3. The summed E-state index contributed by atoms with van der Waals surface area (Å²) in [4.78, 5) is 39.6. The van der Waals surface area contributed by atoms with Crippen molar-refractivity contribution in [1.29, 1.82) is 0 Å². The van der Waals surface area contributed by atoms with Gasteiger partial charge in [-0.1, -0.05) is 12.1 Å². The lowest BCUT2D eigenvalue weighted by atomic mass is 10.0. The molecule has 0 aliphatic heterocycles. The van der Waals surface area contributed by atoms with Crippen molar-refractivity contribution in [2.24, 2.45) is 5.73 Å². The van der Waals surface area contributed by atoms with Crippen molar-refractivity contribution in [2.75, 3.05) is 26.0 Å². The normalized spacial score (nSPS) is 11.7. The van der Waals surface area contributed by atoms with Crippen LogP contribution in [0, 0.1) is 0 Å². The standard InChI is InChI=1S/C21H23N5O6S/c1-31-10-8-24-20(29)17(12-4-6-13(27)7-5-12)26(11-14-3-2-9-32-14)21(30)18-15(22)16(19(23)28)25-33-18/h2-7,9,17,27H,8,10-11,22H2,1H3,(H2,23,28)(H,24,29). The molecule has 0 saturated heterocycles. The molecule has 3 rings (SSSR count). The number of anilines is 1. The summed E-state index contributed by atoms with van der Waals surface area (Å²) < 4.78 is 14.3. The number of benzene rings is 1. The van der Waals surface area contributed by atoms with Crippen LogP contribution in [0.4, 0.5) is 5.69 Å². The van der Waals surface area contributed by atoms with Crippen LogP contribution in [0.15, 0.2) is 47.1 Å². The number of ether oxygens (including phenoxy) is 1. The third-order valence-corrected chi connectivity index (χ3v) is 5.55. The average molecular weight is 474 g/mol. The first-order chi connectivity index (χ1) is 15.8. The van der Waals surface area contributed by atoms with E-state index in [-0.39, 0.29) is 41.7 Å². The van der Waals surface area contributed by atoms with Crippen LogP contribution >= 0.6 is 11.5 Å². The van der Waals surface area contributed by atoms with E-state index < -0.39 is 23.8 Å². The van der Waals surface area contributed by atoms with Crippen LogP contribution in [0.1, 0.15) is 37.5 Å². The Kier molecular flexibility index (Phi) is 7.64. The van der Waals surface area contributed by atoms with E-state index in [9.17, 15) is 19.5 Å². The topological polar surface area (TPSA) is 174 Å². The maximum atomic E-state index is 13.6. The molecule has 0 spiro atoms. The largest absolute Gasteiger partial charge is 0.508 e. The van der Waals surface area contributed by atoms with Gasteiger partial charge in [0.25, 0.3) is 11.8 Å². The molecule has 3 amide bonds. The number of phenols is 1. The number of aromatic nitrogens is 1. The molecule has 0 aliphatic carbocycles. The summed E-state index contributed by atoms with van der Waals surface area (Å²) in [5, 5.41) is 12.4. The van der Waals surface area contributed by atoms with Gasteiger partial charge in [-0.05, 0) is 41.4 Å². The second-order valence-electron chi connectivity index (χ2n) is 6.93. The molecule has 1 atom stereocenters. The fourth-order valence-corrected chi connectivity index (χ4v) is 3.87. The van der Waals surface area contributed by atoms with Gasteiger partial charge in [0.15, 0.2) is 5.69 Å². The monoisotopic (exact) mass is 473 g/mol. The van der Waals surface area contributed by atoms with Crippen molar-refractivity contribution < 1.29 is 28.6 Å². The van der Waals surface area contributed by atoms with Crippen LogP contribution in [-0.4, -0.2) is 52.4 Å². The van der Waals surface area contributed by atoms with Gasteiger partial charge in [0.1, 0.15) is 22.4 Å². The molecule has 0 fully saturated rings. The maximum Gasteiger partial charge on any atom is 0.270 e. The minimum atomic E-state index is -1.13. The van der Waals surface area contributed by atoms with Crippen LogP contribution in [0.25, 0.3) is 0 Å². The molecular formula is C21H23N5O6S. The summed E-state index contributed by atoms with van der Waals surface area (Å²) in [6, 6.07) is 8.06. The smallest absolute Gasteiger partial charge is 0.270 e. The van der Waals surface area contributed by atoms with Gasteiger partial charge in [0.2, 0.25) is 5.91 Å². The van der Waals surface area contributed by atoms with E-state index in [0.717, 1.165) is 0 Å². The molecule has 12 heteroatoms. The molecule has 0 aliphatic rings. The minimum absolute atomic E-state index is 0.000923. The SMILES string of the molecule is COCCNC(=O)C(c1ccc(O)cc1)N(Cc1ccco1)C(=O)c1snc(C(N)=O)c1N. The number of carbonyl (C=O) groups is 3. The first kappa shape index (κ1) is 23.8. The second kappa shape index (κ2) is 10.6. The number of nitrogens with one attached hydrogen (secondary N) is 1. The Hall–Kier alpha value is -3.90. The first-order valence-electron chi connectivity index (χ1n) is 9.77. The number of rotatable bonds is 10. The molecule has 1 unspecified atom stereocenters. The molecule has 0 saturated carbocycles. The molecule has 11 nitrogen and oxygen atoms in total. The number of methoxy groups -OCH3 is 1. The number of hydrogen-bond donors (Lipinski definition) is 4. The molecule has 174 valence electrons. The van der Waals surface area contributed by atoms with Gasteiger partial charge < -0.3 is 35.9 Å². The Morgan fingerprint density at radius 2 is 2.00 bits per heavy atom. The van der Waals surface area contributed by atoms with E-state index in [4.69, 9.17) is 20.6 Å². The summed E-state index contributed by atoms with van der Waals surface area (Å²) in [5.41, 5.74) is 11.3. The molecular weight excluding hydrogens is 450 g/mol. The Morgan fingerprint density at radius 3 is 2.58 bits per heavy atom. The lowest BCUT2D eigenvalue weighted by molar-refractivity contribution is -0.126. The van der Waals surface area contributed by atoms with E-state index in [2.05, 4.69) is 9.69 Å². The van der Waals surface area contributed by atoms with Gasteiger partial charge in [-0.25, -0.2) is 0 Å². The number of carbonyl (C=O) groups excluding carboxylic acids is 3. The Bertz CT molecular complexity index is 1110. The zero-order valence-electron chi connectivity index (χ0n) is 17.7. The molecule has 2 aromatic heterocycles. The third-order valence-electron chi connectivity index (χ3n) is 4.70. The fraction of sp³-hybridized carbons (Fsp3) is 0.238. The number of nitrogens with two attached hydrogens (primary N) is 2. The van der Waals surface area contributed by atoms with Crippen LogP contribution in [0.2, 0.25) is 0 Å². The summed E-state index contributed by atoms with van der Waals surface area (Å²) in [6.07, 6.45) is 1.44. The molecule has 0 radical (unpaired) electrons. The lowest BCUT2D eigenvalue weighted by Gasteiger charge is -2.30. The summed E-state index contributed by atoms with van der Waals surface area (Å²) in [5.74, 6) is -1.59. The summed E-state index contributed by atoms with van der Waals surface area (Å²) in [6.45, 7) is 0.392. The highest BCUT2D eigenvalue weighted by molar-refractivity contribution is 7.09. The third kappa shape index (κ3) is 5.48. The van der Waals surface area contributed by atoms with Crippen LogP contribution < -0.4 is 16.8 Å². The van der Waals surface area contributed by atoms with Crippen molar-refractivity contribution in [3.63, 3.8) is 0 Å². The zero-order valence-corrected chi connectivity index (χ0v) is 18.5.